The van der Waals surface area contributed by atoms with Crippen molar-refractivity contribution in [1.82, 2.24) is 4.98 Å². The van der Waals surface area contributed by atoms with Crippen LogP contribution in [0.15, 0.2) is 52.4 Å². The van der Waals surface area contributed by atoms with Gasteiger partial charge in [-0.1, -0.05) is 11.6 Å². The van der Waals surface area contributed by atoms with Crippen LogP contribution < -0.4 is 4.90 Å². The van der Waals surface area contributed by atoms with E-state index in [2.05, 4.69) is 4.98 Å². The molecule has 0 bridgehead atoms. The Morgan fingerprint density at radius 3 is 2.39 bits per heavy atom. The first-order valence-corrected chi connectivity index (χ1v) is 10.3. The molecule has 5 nitrogen and oxygen atoms in total. The molecule has 2 aromatic carbocycles. The van der Waals surface area contributed by atoms with Gasteiger partial charge in [-0.25, -0.2) is 17.2 Å². The summed E-state index contributed by atoms with van der Waals surface area (Å²) < 4.78 is 59.2. The first kappa shape index (κ1) is 19.0. The van der Waals surface area contributed by atoms with E-state index in [0.717, 1.165) is 12.1 Å². The van der Waals surface area contributed by atoms with E-state index in [0.29, 0.717) is 54.0 Å². The van der Waals surface area contributed by atoms with Crippen molar-refractivity contribution in [2.45, 2.75) is 9.79 Å². The molecule has 9 heteroatoms. The van der Waals surface area contributed by atoms with Gasteiger partial charge in [-0.2, -0.15) is 0 Å². The zero-order valence-electron chi connectivity index (χ0n) is 14.5. The predicted octanol–water partition coefficient (Wildman–Crippen LogP) is 3.84. The maximum Gasteiger partial charge on any atom is 0.210 e. The number of pyridine rings is 1. The molecule has 2 heterocycles. The fourth-order valence-electron chi connectivity index (χ4n) is 3.25. The van der Waals surface area contributed by atoms with Crippen molar-refractivity contribution < 1.29 is 21.9 Å². The quantitative estimate of drug-likeness (QED) is 0.639. The lowest BCUT2D eigenvalue weighted by Crippen LogP contribution is -2.37. The average Bonchev–Trinajstić information content (AvgIpc) is 2.67. The molecule has 0 radical (unpaired) electrons. The van der Waals surface area contributed by atoms with E-state index in [9.17, 15) is 17.2 Å². The molecule has 146 valence electrons. The molecule has 1 aliphatic rings. The molecule has 0 saturated carbocycles. The van der Waals surface area contributed by atoms with E-state index in [1.165, 1.54) is 6.20 Å². The van der Waals surface area contributed by atoms with E-state index in [1.807, 2.05) is 4.90 Å². The van der Waals surface area contributed by atoms with Crippen LogP contribution in [0, 0.1) is 11.6 Å². The fourth-order valence-corrected chi connectivity index (χ4v) is 4.90. The van der Waals surface area contributed by atoms with Crippen LogP contribution in [-0.4, -0.2) is 39.7 Å². The number of halogens is 3. The third kappa shape index (κ3) is 3.43. The van der Waals surface area contributed by atoms with Crippen LogP contribution in [0.25, 0.3) is 10.9 Å². The highest BCUT2D eigenvalue weighted by molar-refractivity contribution is 7.91. The average molecular weight is 425 g/mol. The molecule has 0 N–H and O–H groups in total. The molecule has 0 amide bonds. The lowest BCUT2D eigenvalue weighted by atomic mass is 10.1. The predicted molar refractivity (Wildman–Crippen MR) is 102 cm³/mol. The Kier molecular flexibility index (Phi) is 4.95. The maximum absolute atomic E-state index is 13.7. The van der Waals surface area contributed by atoms with E-state index in [1.54, 1.807) is 18.2 Å². The molecule has 28 heavy (non-hydrogen) atoms. The summed E-state index contributed by atoms with van der Waals surface area (Å²) in [6.45, 7) is 1.79. The minimum atomic E-state index is -4.24. The first-order chi connectivity index (χ1) is 13.4. The smallest absolute Gasteiger partial charge is 0.210 e. The third-order valence-corrected chi connectivity index (χ3v) is 6.50. The van der Waals surface area contributed by atoms with Crippen LogP contribution in [0.5, 0.6) is 0 Å². The summed E-state index contributed by atoms with van der Waals surface area (Å²) in [4.78, 5) is 5.50. The molecule has 0 aliphatic carbocycles. The van der Waals surface area contributed by atoms with Gasteiger partial charge in [0.05, 0.1) is 29.3 Å². The molecule has 1 aromatic heterocycles. The molecular formula is C19H15ClF2N2O3S. The lowest BCUT2D eigenvalue weighted by molar-refractivity contribution is 0.122. The summed E-state index contributed by atoms with van der Waals surface area (Å²) in [6.07, 6.45) is 1.22. The Morgan fingerprint density at radius 1 is 1.04 bits per heavy atom. The van der Waals surface area contributed by atoms with Crippen molar-refractivity contribution in [1.29, 1.82) is 0 Å². The van der Waals surface area contributed by atoms with Gasteiger partial charge >= 0.3 is 0 Å². The summed E-state index contributed by atoms with van der Waals surface area (Å²) in [5.41, 5.74) is 0.968. The Labute approximate surface area is 165 Å². The van der Waals surface area contributed by atoms with Gasteiger partial charge in [0.15, 0.2) is 0 Å². The number of morpholine rings is 1. The lowest BCUT2D eigenvalue weighted by Gasteiger charge is -2.31. The molecular weight excluding hydrogens is 410 g/mol. The monoisotopic (exact) mass is 424 g/mol. The van der Waals surface area contributed by atoms with Crippen LogP contribution >= 0.6 is 11.6 Å². The fraction of sp³-hybridized carbons (Fsp3) is 0.211. The number of hydrogen-bond acceptors (Lipinski definition) is 5. The Balaban J connectivity index is 2.00. The van der Waals surface area contributed by atoms with Crippen molar-refractivity contribution in [3.8, 4) is 0 Å². The van der Waals surface area contributed by atoms with E-state index < -0.39 is 26.4 Å². The SMILES string of the molecule is O=S(=O)(c1cc(F)cc(F)c1)c1cnc2ccc(Cl)cc2c1N1CCOCC1. The summed E-state index contributed by atoms with van der Waals surface area (Å²) in [5, 5.41) is 0.975. The molecule has 0 spiro atoms. The summed E-state index contributed by atoms with van der Waals surface area (Å²) in [7, 11) is -4.24. The van der Waals surface area contributed by atoms with Gasteiger partial charge in [-0.15, -0.1) is 0 Å². The number of nitrogens with zero attached hydrogens (tertiary/aromatic N) is 2. The van der Waals surface area contributed by atoms with Crippen LogP contribution in [-0.2, 0) is 14.6 Å². The number of fused-ring (bicyclic) bond motifs is 1. The van der Waals surface area contributed by atoms with Gasteiger partial charge < -0.3 is 9.64 Å². The van der Waals surface area contributed by atoms with Crippen molar-refractivity contribution in [3.05, 3.63) is 59.3 Å². The summed E-state index contributed by atoms with van der Waals surface area (Å²) in [6, 6.07) is 7.21. The Bertz CT molecular complexity index is 1150. The second-order valence-electron chi connectivity index (χ2n) is 6.34. The number of benzene rings is 2. The highest BCUT2D eigenvalue weighted by Gasteiger charge is 2.28. The van der Waals surface area contributed by atoms with Crippen molar-refractivity contribution in [3.63, 3.8) is 0 Å². The van der Waals surface area contributed by atoms with Crippen LogP contribution in [0.3, 0.4) is 0 Å². The van der Waals surface area contributed by atoms with Gasteiger partial charge in [-0.05, 0) is 30.3 Å². The standard InChI is InChI=1S/C19H15ClF2N2O3S/c20-12-1-2-17-16(7-12)19(24-3-5-27-6-4-24)18(11-23-17)28(25,26)15-9-13(21)8-14(22)10-15/h1-2,7-11H,3-6H2. The van der Waals surface area contributed by atoms with Crippen LogP contribution in [0.1, 0.15) is 0 Å². The van der Waals surface area contributed by atoms with E-state index in [-0.39, 0.29) is 4.90 Å². The second kappa shape index (κ2) is 7.27. The minimum absolute atomic E-state index is 0.130. The molecule has 0 atom stereocenters. The maximum atomic E-state index is 13.7. The minimum Gasteiger partial charge on any atom is -0.378 e. The molecule has 1 saturated heterocycles. The second-order valence-corrected chi connectivity index (χ2v) is 8.70. The molecule has 1 fully saturated rings. The zero-order valence-corrected chi connectivity index (χ0v) is 16.1. The number of ether oxygens (including phenoxy) is 1. The highest BCUT2D eigenvalue weighted by Crippen LogP contribution is 2.37. The number of aromatic nitrogens is 1. The Hall–Kier alpha value is -2.29. The molecule has 1 aliphatic heterocycles. The number of rotatable bonds is 3. The van der Waals surface area contributed by atoms with Crippen molar-refractivity contribution >= 4 is 38.0 Å². The van der Waals surface area contributed by atoms with Gasteiger partial charge in [0.2, 0.25) is 9.84 Å². The van der Waals surface area contributed by atoms with Crippen molar-refractivity contribution in [2.24, 2.45) is 0 Å². The van der Waals surface area contributed by atoms with Crippen LogP contribution in [0.2, 0.25) is 5.02 Å². The largest absolute Gasteiger partial charge is 0.378 e. The molecule has 0 unspecified atom stereocenters. The zero-order chi connectivity index (χ0) is 19.9. The third-order valence-electron chi connectivity index (χ3n) is 4.53. The number of sulfone groups is 1. The van der Waals surface area contributed by atoms with Gasteiger partial charge in [-0.3, -0.25) is 4.98 Å². The molecule has 4 rings (SSSR count). The van der Waals surface area contributed by atoms with Crippen LogP contribution in [0.4, 0.5) is 14.5 Å². The number of hydrogen-bond donors (Lipinski definition) is 0. The normalized spacial score (nSPS) is 15.2. The van der Waals surface area contributed by atoms with Gasteiger partial charge in [0.25, 0.3) is 0 Å². The van der Waals surface area contributed by atoms with E-state index >= 15 is 0 Å². The summed E-state index contributed by atoms with van der Waals surface area (Å²) in [5.74, 6) is -1.94. The van der Waals surface area contributed by atoms with Gasteiger partial charge in [0.1, 0.15) is 16.5 Å². The first-order valence-electron chi connectivity index (χ1n) is 8.48. The number of anilines is 1. The van der Waals surface area contributed by atoms with E-state index in [4.69, 9.17) is 16.3 Å². The van der Waals surface area contributed by atoms with Crippen molar-refractivity contribution in [2.75, 3.05) is 31.2 Å². The highest BCUT2D eigenvalue weighted by atomic mass is 35.5. The summed E-state index contributed by atoms with van der Waals surface area (Å²) >= 11 is 6.14. The van der Waals surface area contributed by atoms with Gasteiger partial charge in [0, 0.05) is 35.8 Å². The molecule has 3 aromatic rings. The Morgan fingerprint density at radius 2 is 1.71 bits per heavy atom. The topological polar surface area (TPSA) is 59.5 Å².